The van der Waals surface area contributed by atoms with E-state index in [0.29, 0.717) is 17.5 Å². The van der Waals surface area contributed by atoms with E-state index in [4.69, 9.17) is 5.73 Å². The minimum atomic E-state index is 0.551. The van der Waals surface area contributed by atoms with E-state index in [0.717, 1.165) is 13.1 Å². The summed E-state index contributed by atoms with van der Waals surface area (Å²) < 4.78 is 0. The summed E-state index contributed by atoms with van der Waals surface area (Å²) in [6, 6.07) is 0.551. The lowest BCUT2D eigenvalue weighted by molar-refractivity contribution is 0.284. The molecule has 0 spiro atoms. The van der Waals surface area contributed by atoms with Crippen LogP contribution in [0.25, 0.3) is 0 Å². The molecule has 0 aromatic carbocycles. The van der Waals surface area contributed by atoms with Crippen LogP contribution >= 0.6 is 0 Å². The highest BCUT2D eigenvalue weighted by atomic mass is 15.1. The number of hydrogen-bond donors (Lipinski definition) is 2. The van der Waals surface area contributed by atoms with Gasteiger partial charge in [0.25, 0.3) is 0 Å². The molecule has 5 nitrogen and oxygen atoms in total. The summed E-state index contributed by atoms with van der Waals surface area (Å²) in [6.07, 6.45) is 3.09. The van der Waals surface area contributed by atoms with Crippen molar-refractivity contribution in [1.29, 1.82) is 0 Å². The third-order valence-corrected chi connectivity index (χ3v) is 2.38. The van der Waals surface area contributed by atoms with Gasteiger partial charge in [0.15, 0.2) is 5.82 Å². The first-order valence-electron chi connectivity index (χ1n) is 5.11. The fraction of sp³-hybridized carbons (Fsp3) is 0.600. The first-order chi connectivity index (χ1) is 7.11. The minimum absolute atomic E-state index is 0.551. The molecule has 0 unspecified atom stereocenters. The highest BCUT2D eigenvalue weighted by Crippen LogP contribution is 2.10. The zero-order valence-corrected chi connectivity index (χ0v) is 9.57. The van der Waals surface area contributed by atoms with Crippen molar-refractivity contribution in [2.24, 2.45) is 0 Å². The fourth-order valence-electron chi connectivity index (χ4n) is 1.10. The summed E-state index contributed by atoms with van der Waals surface area (Å²) in [6.45, 7) is 6.12. The Kier molecular flexibility index (Phi) is 4.30. The molecule has 1 rings (SSSR count). The van der Waals surface area contributed by atoms with Gasteiger partial charge in [-0.1, -0.05) is 0 Å². The maximum atomic E-state index is 5.70. The first kappa shape index (κ1) is 11.7. The molecule has 3 N–H and O–H groups in total. The molecule has 0 aliphatic rings. The van der Waals surface area contributed by atoms with E-state index in [2.05, 4.69) is 41.1 Å². The van der Waals surface area contributed by atoms with Crippen molar-refractivity contribution < 1.29 is 0 Å². The molecule has 5 heteroatoms. The van der Waals surface area contributed by atoms with E-state index in [9.17, 15) is 0 Å². The van der Waals surface area contributed by atoms with E-state index < -0.39 is 0 Å². The van der Waals surface area contributed by atoms with Crippen LogP contribution in [0.2, 0.25) is 0 Å². The molecular weight excluding hydrogens is 190 g/mol. The lowest BCUT2D eigenvalue weighted by Gasteiger charge is -2.21. The maximum Gasteiger partial charge on any atom is 0.152 e. The minimum Gasteiger partial charge on any atom is -0.394 e. The predicted octanol–water partition coefficient (Wildman–Crippen LogP) is 0.811. The van der Waals surface area contributed by atoms with E-state index in [-0.39, 0.29) is 0 Å². The van der Waals surface area contributed by atoms with Gasteiger partial charge in [0.1, 0.15) is 6.33 Å². The quantitative estimate of drug-likeness (QED) is 0.751. The number of rotatable bonds is 5. The highest BCUT2D eigenvalue weighted by molar-refractivity contribution is 5.58. The van der Waals surface area contributed by atoms with Crippen LogP contribution < -0.4 is 11.1 Å². The van der Waals surface area contributed by atoms with Crippen molar-refractivity contribution in [3.05, 3.63) is 12.5 Å². The number of nitrogens with one attached hydrogen (secondary N) is 1. The molecule has 0 saturated carbocycles. The first-order valence-corrected chi connectivity index (χ1v) is 5.11. The second-order valence-corrected chi connectivity index (χ2v) is 3.83. The van der Waals surface area contributed by atoms with Crippen LogP contribution in [-0.4, -0.2) is 41.0 Å². The molecule has 0 bridgehead atoms. The topological polar surface area (TPSA) is 67.1 Å². The van der Waals surface area contributed by atoms with Crippen LogP contribution in [0.1, 0.15) is 13.8 Å². The Morgan fingerprint density at radius 2 is 2.27 bits per heavy atom. The summed E-state index contributed by atoms with van der Waals surface area (Å²) in [5.74, 6) is 0.710. The zero-order chi connectivity index (χ0) is 11.3. The van der Waals surface area contributed by atoms with E-state index >= 15 is 0 Å². The summed E-state index contributed by atoms with van der Waals surface area (Å²) in [5, 5.41) is 3.18. The highest BCUT2D eigenvalue weighted by Gasteiger charge is 2.03. The van der Waals surface area contributed by atoms with Crippen molar-refractivity contribution in [3.63, 3.8) is 0 Å². The molecule has 0 aliphatic carbocycles. The Bertz CT molecular complexity index is 300. The average molecular weight is 209 g/mol. The van der Waals surface area contributed by atoms with Gasteiger partial charge in [0.2, 0.25) is 0 Å². The van der Waals surface area contributed by atoms with Gasteiger partial charge in [-0.05, 0) is 20.9 Å². The number of aromatic nitrogens is 2. The van der Waals surface area contributed by atoms with Crippen molar-refractivity contribution in [2.45, 2.75) is 19.9 Å². The molecular formula is C10H19N5. The van der Waals surface area contributed by atoms with Gasteiger partial charge in [-0.3, -0.25) is 0 Å². The Morgan fingerprint density at radius 3 is 2.87 bits per heavy atom. The molecule has 1 heterocycles. The zero-order valence-electron chi connectivity index (χ0n) is 9.57. The van der Waals surface area contributed by atoms with Crippen LogP contribution in [0.15, 0.2) is 12.5 Å². The molecule has 0 saturated heterocycles. The standard InChI is InChI=1S/C10H19N5/c1-8(2)15(3)5-4-13-10-9(11)6-12-7-14-10/h6-8H,4-5,11H2,1-3H3,(H,12,13,14). The smallest absolute Gasteiger partial charge is 0.152 e. The summed E-state index contributed by atoms with van der Waals surface area (Å²) in [7, 11) is 2.09. The number of nitrogens with two attached hydrogens (primary N) is 1. The second kappa shape index (κ2) is 5.50. The molecule has 15 heavy (non-hydrogen) atoms. The van der Waals surface area contributed by atoms with Crippen LogP contribution in [0.4, 0.5) is 11.5 Å². The normalized spacial score (nSPS) is 11.0. The molecule has 0 radical (unpaired) electrons. The van der Waals surface area contributed by atoms with Crippen molar-refractivity contribution in [3.8, 4) is 0 Å². The Morgan fingerprint density at radius 1 is 1.53 bits per heavy atom. The monoisotopic (exact) mass is 209 g/mol. The summed E-state index contributed by atoms with van der Waals surface area (Å²) >= 11 is 0. The van der Waals surface area contributed by atoms with Crippen LogP contribution in [-0.2, 0) is 0 Å². The number of nitrogens with zero attached hydrogens (tertiary/aromatic N) is 3. The predicted molar refractivity (Wildman–Crippen MR) is 62.7 cm³/mol. The Hall–Kier alpha value is -1.36. The molecule has 0 fully saturated rings. The fourth-order valence-corrected chi connectivity index (χ4v) is 1.10. The van der Waals surface area contributed by atoms with E-state index in [1.165, 1.54) is 6.33 Å². The van der Waals surface area contributed by atoms with Crippen LogP contribution in [0.5, 0.6) is 0 Å². The molecule has 0 amide bonds. The van der Waals surface area contributed by atoms with E-state index in [1.807, 2.05) is 0 Å². The van der Waals surface area contributed by atoms with Gasteiger partial charge < -0.3 is 16.0 Å². The summed E-state index contributed by atoms with van der Waals surface area (Å²) in [4.78, 5) is 10.1. The molecule has 1 aromatic rings. The van der Waals surface area contributed by atoms with Gasteiger partial charge in [0.05, 0.1) is 11.9 Å². The van der Waals surface area contributed by atoms with Crippen molar-refractivity contribution in [2.75, 3.05) is 31.2 Å². The lowest BCUT2D eigenvalue weighted by Crippen LogP contribution is -2.31. The molecule has 0 aliphatic heterocycles. The largest absolute Gasteiger partial charge is 0.394 e. The second-order valence-electron chi connectivity index (χ2n) is 3.83. The third kappa shape index (κ3) is 3.71. The van der Waals surface area contributed by atoms with Crippen molar-refractivity contribution in [1.82, 2.24) is 14.9 Å². The lowest BCUT2D eigenvalue weighted by atomic mass is 10.3. The Labute approximate surface area is 90.7 Å². The van der Waals surface area contributed by atoms with Gasteiger partial charge in [-0.2, -0.15) is 0 Å². The van der Waals surface area contributed by atoms with Crippen LogP contribution in [0, 0.1) is 0 Å². The number of likely N-dealkylation sites (N-methyl/N-ethyl adjacent to an activating group) is 1. The SMILES string of the molecule is CC(C)N(C)CCNc1ncncc1N. The Balaban J connectivity index is 2.35. The molecule has 0 atom stereocenters. The average Bonchev–Trinajstić information content (AvgIpc) is 2.20. The maximum absolute atomic E-state index is 5.70. The van der Waals surface area contributed by atoms with E-state index in [1.54, 1.807) is 6.20 Å². The summed E-state index contributed by atoms with van der Waals surface area (Å²) in [5.41, 5.74) is 6.28. The van der Waals surface area contributed by atoms with Gasteiger partial charge in [-0.15, -0.1) is 0 Å². The van der Waals surface area contributed by atoms with Crippen LogP contribution in [0.3, 0.4) is 0 Å². The number of anilines is 2. The number of nitrogen functional groups attached to an aromatic ring is 1. The van der Waals surface area contributed by atoms with Gasteiger partial charge >= 0.3 is 0 Å². The third-order valence-electron chi connectivity index (χ3n) is 2.38. The van der Waals surface area contributed by atoms with Gasteiger partial charge in [0, 0.05) is 19.1 Å². The molecule has 1 aromatic heterocycles. The van der Waals surface area contributed by atoms with Gasteiger partial charge in [-0.25, -0.2) is 9.97 Å². The molecule has 84 valence electrons. The van der Waals surface area contributed by atoms with Crippen molar-refractivity contribution >= 4 is 11.5 Å². The number of hydrogen-bond acceptors (Lipinski definition) is 5.